The first-order chi connectivity index (χ1) is 19.8. The molecule has 41 heavy (non-hydrogen) atoms. The Kier molecular flexibility index (Phi) is 8.60. The van der Waals surface area contributed by atoms with E-state index >= 15 is 0 Å². The van der Waals surface area contributed by atoms with Gasteiger partial charge in [-0.2, -0.15) is 0 Å². The molecule has 1 aromatic carbocycles. The molecule has 2 fully saturated rings. The molecule has 0 unspecified atom stereocenters. The van der Waals surface area contributed by atoms with Gasteiger partial charge in [0.25, 0.3) is 5.91 Å². The van der Waals surface area contributed by atoms with Crippen molar-refractivity contribution in [2.75, 3.05) is 32.5 Å². The van der Waals surface area contributed by atoms with Gasteiger partial charge in [-0.1, -0.05) is 36.3 Å². The van der Waals surface area contributed by atoms with Crippen LogP contribution in [0.25, 0.3) is 11.2 Å². The van der Waals surface area contributed by atoms with Crippen LogP contribution in [0.1, 0.15) is 30.5 Å². The number of aliphatic hydroxyl groups is 2. The van der Waals surface area contributed by atoms with E-state index in [2.05, 4.69) is 37.4 Å². The molecule has 1 aliphatic carbocycles. The number of amides is 3. The van der Waals surface area contributed by atoms with Crippen molar-refractivity contribution >= 4 is 28.9 Å². The molecular weight excluding hydrogens is 532 g/mol. The number of aromatic nitrogens is 4. The lowest BCUT2D eigenvalue weighted by Crippen LogP contribution is -2.43. The van der Waals surface area contributed by atoms with Crippen molar-refractivity contribution < 1.29 is 29.3 Å². The van der Waals surface area contributed by atoms with Crippen molar-refractivity contribution in [3.63, 3.8) is 0 Å². The van der Waals surface area contributed by atoms with Gasteiger partial charge in [-0.25, -0.2) is 19.7 Å². The fourth-order valence-corrected chi connectivity index (χ4v) is 4.24. The molecule has 3 amide bonds. The average molecular weight is 565 g/mol. The molecule has 3 heterocycles. The standard InChI is InChI=1S/C27H32N8O6/c1-34(27(39)29-11-13-40-14-16-6-3-2-4-7-16)12-5-8-18-32-23(28)19-24(33-18)35(15-30-19)26-21(37)20(36)22(41-26)25(38)31-17-9-10-17/h2-4,6-7,15,17,20-22,26,36-37H,9-14H2,1H3,(H,29,39)(H,31,38)(H2,28,32,33)/t20-,21+,22-,26+/m0/s1. The summed E-state index contributed by atoms with van der Waals surface area (Å²) in [6.45, 7) is 1.26. The summed E-state index contributed by atoms with van der Waals surface area (Å²) in [6, 6.07) is 9.51. The van der Waals surface area contributed by atoms with E-state index in [-0.39, 0.29) is 41.4 Å². The van der Waals surface area contributed by atoms with E-state index in [0.717, 1.165) is 18.4 Å². The Labute approximate surface area is 235 Å². The predicted octanol–water partition coefficient (Wildman–Crippen LogP) is -0.484. The first-order valence-electron chi connectivity index (χ1n) is 13.2. The quantitative estimate of drug-likeness (QED) is 0.168. The lowest BCUT2D eigenvalue weighted by atomic mass is 10.1. The van der Waals surface area contributed by atoms with Crippen LogP contribution < -0.4 is 16.4 Å². The lowest BCUT2D eigenvalue weighted by Gasteiger charge is -2.16. The molecule has 14 heteroatoms. The van der Waals surface area contributed by atoms with E-state index in [1.165, 1.54) is 15.8 Å². The van der Waals surface area contributed by atoms with Crippen LogP contribution in [0.4, 0.5) is 10.6 Å². The zero-order valence-corrected chi connectivity index (χ0v) is 22.4. The summed E-state index contributed by atoms with van der Waals surface area (Å²) < 4.78 is 12.7. The van der Waals surface area contributed by atoms with E-state index in [1.807, 2.05) is 30.3 Å². The highest BCUT2D eigenvalue weighted by Gasteiger charge is 2.48. The van der Waals surface area contributed by atoms with E-state index in [9.17, 15) is 19.8 Å². The van der Waals surface area contributed by atoms with Crippen molar-refractivity contribution in [3.8, 4) is 11.8 Å². The Morgan fingerprint density at radius 1 is 1.22 bits per heavy atom. The van der Waals surface area contributed by atoms with Crippen molar-refractivity contribution in [2.45, 2.75) is 50.0 Å². The van der Waals surface area contributed by atoms with Crippen LogP contribution in [-0.2, 0) is 20.9 Å². The van der Waals surface area contributed by atoms with Crippen molar-refractivity contribution in [1.29, 1.82) is 0 Å². The van der Waals surface area contributed by atoms with Crippen molar-refractivity contribution in [3.05, 3.63) is 48.0 Å². The number of hydrogen-bond acceptors (Lipinski definition) is 10. The van der Waals surface area contributed by atoms with Crippen LogP contribution in [0.2, 0.25) is 0 Å². The van der Waals surface area contributed by atoms with Crippen LogP contribution in [0.5, 0.6) is 0 Å². The number of nitrogens with one attached hydrogen (secondary N) is 2. The van der Waals surface area contributed by atoms with Gasteiger partial charge in [0.05, 0.1) is 26.1 Å². The summed E-state index contributed by atoms with van der Waals surface area (Å²) in [6.07, 6.45) is -2.14. The highest BCUT2D eigenvalue weighted by molar-refractivity contribution is 5.83. The third-order valence-corrected chi connectivity index (χ3v) is 6.64. The maximum Gasteiger partial charge on any atom is 0.318 e. The smallest absolute Gasteiger partial charge is 0.318 e. The fourth-order valence-electron chi connectivity index (χ4n) is 4.24. The number of hydrogen-bond donors (Lipinski definition) is 5. The Morgan fingerprint density at radius 3 is 2.76 bits per heavy atom. The molecule has 5 rings (SSSR count). The van der Waals surface area contributed by atoms with Gasteiger partial charge in [0, 0.05) is 19.6 Å². The molecule has 6 N–H and O–H groups in total. The van der Waals surface area contributed by atoms with Gasteiger partial charge in [0.1, 0.15) is 17.7 Å². The second kappa shape index (κ2) is 12.5. The molecule has 0 bridgehead atoms. The van der Waals surface area contributed by atoms with Crippen LogP contribution in [0.15, 0.2) is 36.7 Å². The number of anilines is 1. The molecule has 1 saturated heterocycles. The van der Waals surface area contributed by atoms with Gasteiger partial charge in [0.2, 0.25) is 5.82 Å². The molecule has 1 saturated carbocycles. The van der Waals surface area contributed by atoms with Gasteiger partial charge in [-0.3, -0.25) is 9.36 Å². The van der Waals surface area contributed by atoms with Crippen LogP contribution in [-0.4, -0.2) is 97.7 Å². The first-order valence-corrected chi connectivity index (χ1v) is 13.2. The molecular formula is C27H32N8O6. The van der Waals surface area contributed by atoms with E-state index in [4.69, 9.17) is 15.2 Å². The largest absolute Gasteiger partial charge is 0.387 e. The number of nitrogen functional groups attached to an aromatic ring is 1. The maximum absolute atomic E-state index is 12.5. The number of benzene rings is 1. The van der Waals surface area contributed by atoms with Crippen molar-refractivity contribution in [1.82, 2.24) is 35.1 Å². The molecule has 0 radical (unpaired) electrons. The Morgan fingerprint density at radius 2 is 2.00 bits per heavy atom. The number of rotatable bonds is 9. The van der Waals surface area contributed by atoms with Crippen LogP contribution in [0, 0.1) is 11.8 Å². The molecule has 3 aromatic rings. The topological polar surface area (TPSA) is 190 Å². The van der Waals surface area contributed by atoms with Gasteiger partial charge < -0.3 is 41.0 Å². The molecule has 2 aliphatic rings. The summed E-state index contributed by atoms with van der Waals surface area (Å²) in [5, 5.41) is 26.6. The number of nitrogens with zero attached hydrogens (tertiary/aromatic N) is 5. The number of carbonyl (C=O) groups excluding carboxylic acids is 2. The second-order valence-electron chi connectivity index (χ2n) is 9.90. The van der Waals surface area contributed by atoms with Gasteiger partial charge in [-0.05, 0) is 24.3 Å². The fraction of sp³-hybridized carbons (Fsp3) is 0.444. The monoisotopic (exact) mass is 564 g/mol. The van der Waals surface area contributed by atoms with E-state index in [0.29, 0.717) is 19.8 Å². The number of ether oxygens (including phenoxy) is 2. The first kappa shape index (κ1) is 28.2. The third-order valence-electron chi connectivity index (χ3n) is 6.64. The van der Waals surface area contributed by atoms with Gasteiger partial charge in [-0.15, -0.1) is 0 Å². The molecule has 216 valence electrons. The molecule has 4 atom stereocenters. The number of imidazole rings is 1. The highest BCUT2D eigenvalue weighted by atomic mass is 16.6. The van der Waals surface area contributed by atoms with E-state index in [1.54, 1.807) is 7.05 Å². The zero-order chi connectivity index (χ0) is 28.9. The van der Waals surface area contributed by atoms with Crippen LogP contribution >= 0.6 is 0 Å². The number of carbonyl (C=O) groups is 2. The molecule has 2 aromatic heterocycles. The Balaban J connectivity index is 1.17. The number of aliphatic hydroxyl groups excluding tert-OH is 2. The normalized spacial score (nSPS) is 21.7. The van der Waals surface area contributed by atoms with Gasteiger partial charge >= 0.3 is 6.03 Å². The van der Waals surface area contributed by atoms with Gasteiger partial charge in [0.15, 0.2) is 23.8 Å². The Bertz CT molecular complexity index is 1450. The van der Waals surface area contributed by atoms with E-state index < -0.39 is 30.4 Å². The molecule has 0 spiro atoms. The second-order valence-corrected chi connectivity index (χ2v) is 9.90. The summed E-state index contributed by atoms with van der Waals surface area (Å²) in [5.41, 5.74) is 7.58. The summed E-state index contributed by atoms with van der Waals surface area (Å²) in [4.78, 5) is 39.0. The predicted molar refractivity (Wildman–Crippen MR) is 146 cm³/mol. The third kappa shape index (κ3) is 6.72. The minimum atomic E-state index is -1.44. The zero-order valence-electron chi connectivity index (χ0n) is 22.4. The number of fused-ring (bicyclic) bond motifs is 1. The minimum Gasteiger partial charge on any atom is -0.387 e. The lowest BCUT2D eigenvalue weighted by molar-refractivity contribution is -0.137. The maximum atomic E-state index is 12.5. The molecule has 14 nitrogen and oxygen atoms in total. The van der Waals surface area contributed by atoms with Crippen LogP contribution in [0.3, 0.4) is 0 Å². The number of urea groups is 1. The SMILES string of the molecule is CN(CC#Cc1nc(N)c2ncn([C@@H]3O[C@H](C(=O)NC4CC4)[C@@H](O)[C@H]3O)c2n1)C(=O)NCCOCc1ccccc1. The van der Waals surface area contributed by atoms with Crippen molar-refractivity contribution in [2.24, 2.45) is 0 Å². The minimum absolute atomic E-state index is 0.0516. The number of nitrogens with two attached hydrogens (primary N) is 1. The summed E-state index contributed by atoms with van der Waals surface area (Å²) >= 11 is 0. The highest BCUT2D eigenvalue weighted by Crippen LogP contribution is 2.33. The summed E-state index contributed by atoms with van der Waals surface area (Å²) in [7, 11) is 1.60. The average Bonchev–Trinajstić information content (AvgIpc) is 3.60. The Hall–Kier alpha value is -4.29. The molecule has 1 aliphatic heterocycles. The summed E-state index contributed by atoms with van der Waals surface area (Å²) in [5.74, 6) is 5.26.